The Morgan fingerprint density at radius 1 is 1.57 bits per heavy atom. The molecule has 0 saturated heterocycles. The summed E-state index contributed by atoms with van der Waals surface area (Å²) < 4.78 is 1.98. The van der Waals surface area contributed by atoms with Crippen LogP contribution in [0.2, 0.25) is 0 Å². The van der Waals surface area contributed by atoms with Crippen molar-refractivity contribution in [3.63, 3.8) is 0 Å². The molecule has 0 bridgehead atoms. The van der Waals surface area contributed by atoms with Crippen LogP contribution in [0.1, 0.15) is 37.6 Å². The van der Waals surface area contributed by atoms with Crippen LogP contribution in [0.25, 0.3) is 0 Å². The van der Waals surface area contributed by atoms with Crippen molar-refractivity contribution in [3.8, 4) is 0 Å². The molecule has 0 radical (unpaired) electrons. The molecule has 78 valence electrons. The van der Waals surface area contributed by atoms with E-state index >= 15 is 0 Å². The third-order valence-corrected chi connectivity index (χ3v) is 2.87. The topological polar surface area (TPSA) is 63.8 Å². The van der Waals surface area contributed by atoms with E-state index in [9.17, 15) is 4.79 Å². The predicted octanol–water partition coefficient (Wildman–Crippen LogP) is 0.573. The van der Waals surface area contributed by atoms with Crippen LogP contribution in [0.4, 0.5) is 0 Å². The summed E-state index contributed by atoms with van der Waals surface area (Å²) in [6, 6.07) is 0.479. The summed E-state index contributed by atoms with van der Waals surface area (Å²) in [4.78, 5) is 11.6. The minimum atomic E-state index is 0.0452. The maximum absolute atomic E-state index is 11.6. The van der Waals surface area contributed by atoms with Gasteiger partial charge in [-0.25, -0.2) is 0 Å². The average molecular weight is 195 g/mol. The van der Waals surface area contributed by atoms with Gasteiger partial charge in [0.25, 0.3) is 5.56 Å². The van der Waals surface area contributed by atoms with Crippen LogP contribution in [0.5, 0.6) is 0 Å². The van der Waals surface area contributed by atoms with Gasteiger partial charge in [-0.15, -0.1) is 0 Å². The van der Waals surface area contributed by atoms with E-state index in [0.717, 1.165) is 30.5 Å². The second-order valence-electron chi connectivity index (χ2n) is 4.33. The van der Waals surface area contributed by atoms with Crippen molar-refractivity contribution in [1.82, 2.24) is 9.78 Å². The lowest BCUT2D eigenvalue weighted by molar-refractivity contribution is 0.480. The first-order valence-electron chi connectivity index (χ1n) is 5.17. The largest absolute Gasteiger partial charge is 0.327 e. The van der Waals surface area contributed by atoms with Crippen molar-refractivity contribution in [3.05, 3.63) is 21.6 Å². The fraction of sp³-hybridized carbons (Fsp3) is 0.700. The minimum absolute atomic E-state index is 0.0452. The number of nitrogens with zero attached hydrogens (tertiary/aromatic N) is 1. The Kier molecular flexibility index (Phi) is 2.23. The average Bonchev–Trinajstić information content (AvgIpc) is 2.44. The summed E-state index contributed by atoms with van der Waals surface area (Å²) in [6.45, 7) is 4.15. The van der Waals surface area contributed by atoms with Crippen molar-refractivity contribution < 1.29 is 0 Å². The number of hydrogen-bond acceptors (Lipinski definition) is 2. The molecule has 1 atom stereocenters. The summed E-state index contributed by atoms with van der Waals surface area (Å²) in [5, 5.41) is 2.88. The number of H-pyrrole nitrogens is 1. The highest BCUT2D eigenvalue weighted by Crippen LogP contribution is 2.19. The molecule has 0 spiro atoms. The Labute approximate surface area is 83.1 Å². The van der Waals surface area contributed by atoms with Crippen molar-refractivity contribution >= 4 is 0 Å². The second kappa shape index (κ2) is 3.28. The van der Waals surface area contributed by atoms with E-state index in [0.29, 0.717) is 6.04 Å². The summed E-state index contributed by atoms with van der Waals surface area (Å²) in [7, 11) is 0. The highest BCUT2D eigenvalue weighted by Gasteiger charge is 2.23. The Hall–Kier alpha value is -1.03. The lowest BCUT2D eigenvalue weighted by atomic mass is 9.94. The van der Waals surface area contributed by atoms with Gasteiger partial charge in [-0.05, 0) is 33.1 Å². The summed E-state index contributed by atoms with van der Waals surface area (Å²) in [6.07, 6.45) is 2.63. The second-order valence-corrected chi connectivity index (χ2v) is 4.33. The van der Waals surface area contributed by atoms with Crippen molar-refractivity contribution in [2.24, 2.45) is 5.73 Å². The molecule has 0 aromatic carbocycles. The predicted molar refractivity (Wildman–Crippen MR) is 55.4 cm³/mol. The standard InChI is InChI=1S/C10H17N3O/c1-6(2)13-9-4-3-7(11)5-8(9)10(14)12-13/h6-7H,3-5,11H2,1-2H3,(H,12,14). The van der Waals surface area contributed by atoms with Gasteiger partial charge in [-0.3, -0.25) is 14.6 Å². The lowest BCUT2D eigenvalue weighted by Gasteiger charge is -2.20. The zero-order chi connectivity index (χ0) is 10.3. The van der Waals surface area contributed by atoms with E-state index < -0.39 is 0 Å². The normalized spacial score (nSPS) is 21.3. The molecule has 0 amide bonds. The Balaban J connectivity index is 2.49. The fourth-order valence-corrected chi connectivity index (χ4v) is 2.13. The van der Waals surface area contributed by atoms with Gasteiger partial charge in [0.05, 0.1) is 0 Å². The first kappa shape index (κ1) is 9.52. The Morgan fingerprint density at radius 2 is 2.29 bits per heavy atom. The van der Waals surface area contributed by atoms with Crippen LogP contribution in [0, 0.1) is 0 Å². The molecule has 1 unspecified atom stereocenters. The van der Waals surface area contributed by atoms with Crippen LogP contribution >= 0.6 is 0 Å². The number of aromatic amines is 1. The van der Waals surface area contributed by atoms with Crippen LogP contribution in [0.15, 0.2) is 4.79 Å². The van der Waals surface area contributed by atoms with E-state index in [4.69, 9.17) is 5.73 Å². The molecular formula is C10H17N3O. The Morgan fingerprint density at radius 3 is 2.93 bits per heavy atom. The maximum atomic E-state index is 11.6. The van der Waals surface area contributed by atoms with Crippen molar-refractivity contribution in [1.29, 1.82) is 0 Å². The van der Waals surface area contributed by atoms with Crippen LogP contribution in [-0.4, -0.2) is 15.8 Å². The molecule has 1 aromatic heterocycles. The summed E-state index contributed by atoms with van der Waals surface area (Å²) >= 11 is 0. The van der Waals surface area contributed by atoms with Gasteiger partial charge in [0, 0.05) is 23.3 Å². The molecule has 14 heavy (non-hydrogen) atoms. The van der Waals surface area contributed by atoms with Gasteiger partial charge in [-0.1, -0.05) is 0 Å². The zero-order valence-electron chi connectivity index (χ0n) is 8.71. The molecule has 4 nitrogen and oxygen atoms in total. The van der Waals surface area contributed by atoms with E-state index in [2.05, 4.69) is 18.9 Å². The molecule has 1 aliphatic carbocycles. The molecular weight excluding hydrogens is 178 g/mol. The van der Waals surface area contributed by atoms with Crippen molar-refractivity contribution in [2.75, 3.05) is 0 Å². The lowest BCUT2D eigenvalue weighted by Crippen LogP contribution is -2.30. The Bertz CT molecular complexity index is 389. The molecule has 1 aromatic rings. The molecule has 0 saturated carbocycles. The number of hydrogen-bond donors (Lipinski definition) is 2. The third-order valence-electron chi connectivity index (χ3n) is 2.87. The number of fused-ring (bicyclic) bond motifs is 1. The van der Waals surface area contributed by atoms with Gasteiger partial charge >= 0.3 is 0 Å². The molecule has 2 rings (SSSR count). The first-order valence-corrected chi connectivity index (χ1v) is 5.17. The monoisotopic (exact) mass is 195 g/mol. The van der Waals surface area contributed by atoms with Crippen molar-refractivity contribution in [2.45, 2.75) is 45.2 Å². The molecule has 1 heterocycles. The maximum Gasteiger partial charge on any atom is 0.267 e. The van der Waals surface area contributed by atoms with Gasteiger partial charge in [0.2, 0.25) is 0 Å². The third kappa shape index (κ3) is 1.39. The summed E-state index contributed by atoms with van der Waals surface area (Å²) in [5.74, 6) is 0. The van der Waals surface area contributed by atoms with E-state index in [1.165, 1.54) is 0 Å². The van der Waals surface area contributed by atoms with Gasteiger partial charge in [-0.2, -0.15) is 0 Å². The van der Waals surface area contributed by atoms with Crippen LogP contribution in [-0.2, 0) is 12.8 Å². The zero-order valence-corrected chi connectivity index (χ0v) is 8.71. The molecule has 3 N–H and O–H groups in total. The minimum Gasteiger partial charge on any atom is -0.327 e. The van der Waals surface area contributed by atoms with Crippen LogP contribution in [0.3, 0.4) is 0 Å². The molecule has 0 aliphatic heterocycles. The number of nitrogens with one attached hydrogen (secondary N) is 1. The summed E-state index contributed by atoms with van der Waals surface area (Å²) in [5.41, 5.74) is 7.95. The number of nitrogens with two attached hydrogens (primary N) is 1. The number of rotatable bonds is 1. The van der Waals surface area contributed by atoms with E-state index in [1.807, 2.05) is 4.68 Å². The highest BCUT2D eigenvalue weighted by molar-refractivity contribution is 5.23. The van der Waals surface area contributed by atoms with Gasteiger partial charge in [0.15, 0.2) is 0 Å². The first-order chi connectivity index (χ1) is 6.59. The highest BCUT2D eigenvalue weighted by atomic mass is 16.1. The quantitative estimate of drug-likeness (QED) is 0.688. The van der Waals surface area contributed by atoms with E-state index in [1.54, 1.807) is 0 Å². The molecule has 1 aliphatic rings. The molecule has 4 heteroatoms. The fourth-order valence-electron chi connectivity index (χ4n) is 2.13. The van der Waals surface area contributed by atoms with Gasteiger partial charge in [0.1, 0.15) is 0 Å². The van der Waals surface area contributed by atoms with Crippen LogP contribution < -0.4 is 11.3 Å². The smallest absolute Gasteiger partial charge is 0.267 e. The molecule has 0 fully saturated rings. The number of aromatic nitrogens is 2. The SMILES string of the molecule is CC(C)n1[nH]c(=O)c2c1CCC(N)C2. The van der Waals surface area contributed by atoms with Gasteiger partial charge < -0.3 is 5.73 Å². The van der Waals surface area contributed by atoms with E-state index in [-0.39, 0.29) is 11.6 Å².